The van der Waals surface area contributed by atoms with E-state index in [4.69, 9.17) is 0 Å². The summed E-state index contributed by atoms with van der Waals surface area (Å²) in [5.74, 6) is -0.601. The molecule has 0 saturated heterocycles. The first kappa shape index (κ1) is 9.37. The van der Waals surface area contributed by atoms with Gasteiger partial charge in [0.15, 0.2) is 0 Å². The minimum Gasteiger partial charge on any atom is -0.288 e. The second-order valence-corrected chi connectivity index (χ2v) is 2.33. The van der Waals surface area contributed by atoms with Crippen molar-refractivity contribution in [3.05, 3.63) is 35.4 Å². The van der Waals surface area contributed by atoms with Crippen molar-refractivity contribution < 1.29 is 36.9 Å². The van der Waals surface area contributed by atoms with Crippen LogP contribution in [0.1, 0.15) is 20.7 Å². The van der Waals surface area contributed by atoms with E-state index < -0.39 is 0 Å². The number of rotatable bonds is 0. The maximum Gasteiger partial charge on any atom is 0.258 e. The van der Waals surface area contributed by atoms with Crippen LogP contribution in [0, 0.1) is 0 Å². The van der Waals surface area contributed by atoms with Gasteiger partial charge in [0.25, 0.3) is 11.8 Å². The van der Waals surface area contributed by atoms with Gasteiger partial charge in [-0.2, -0.15) is 0 Å². The Morgan fingerprint density at radius 1 is 0.917 bits per heavy atom. The number of carbonyl (C=O) groups excluding carboxylic acids is 2. The van der Waals surface area contributed by atoms with Gasteiger partial charge in [0.05, 0.1) is 11.1 Å². The van der Waals surface area contributed by atoms with Crippen molar-refractivity contribution in [2.45, 2.75) is 0 Å². The molecule has 1 aromatic carbocycles. The molecule has 0 radical (unpaired) electrons. The van der Waals surface area contributed by atoms with Crippen molar-refractivity contribution in [2.24, 2.45) is 0 Å². The van der Waals surface area contributed by atoms with E-state index in [2.05, 4.69) is 5.32 Å². The van der Waals surface area contributed by atoms with Crippen LogP contribution in [-0.2, 0) is 27.3 Å². The standard InChI is InChI=1S/C8H5NO2.Cd/c10-7-5-3-1-2-4-6(5)8(11)9-7;/h1-4H,(H,9,10,11);. The summed E-state index contributed by atoms with van der Waals surface area (Å²) in [5.41, 5.74) is 0.940. The summed E-state index contributed by atoms with van der Waals surface area (Å²) in [6.07, 6.45) is 0. The zero-order valence-corrected chi connectivity index (χ0v) is 10.4. The summed E-state index contributed by atoms with van der Waals surface area (Å²) in [6.45, 7) is 0. The number of fused-ring (bicyclic) bond motifs is 1. The van der Waals surface area contributed by atoms with Crippen molar-refractivity contribution in [3.63, 3.8) is 0 Å². The average molecular weight is 260 g/mol. The molecule has 56 valence electrons. The molecule has 0 unspecified atom stereocenters. The van der Waals surface area contributed by atoms with E-state index >= 15 is 0 Å². The number of benzene rings is 1. The Hall–Kier alpha value is -0.718. The average Bonchev–Trinajstić information content (AvgIpc) is 2.30. The minimum absolute atomic E-state index is 0. The van der Waals surface area contributed by atoms with Gasteiger partial charge in [-0.3, -0.25) is 14.9 Å². The zero-order chi connectivity index (χ0) is 7.84. The molecule has 2 rings (SSSR count). The Bertz CT molecular complexity index is 316. The molecular weight excluding hydrogens is 255 g/mol. The van der Waals surface area contributed by atoms with Gasteiger partial charge in [0.2, 0.25) is 0 Å². The topological polar surface area (TPSA) is 46.2 Å². The van der Waals surface area contributed by atoms with E-state index in [-0.39, 0.29) is 39.1 Å². The van der Waals surface area contributed by atoms with Gasteiger partial charge >= 0.3 is 0 Å². The molecule has 2 amide bonds. The van der Waals surface area contributed by atoms with Crippen LogP contribution in [0.15, 0.2) is 24.3 Å². The van der Waals surface area contributed by atoms with Crippen LogP contribution in [0.5, 0.6) is 0 Å². The number of carbonyl (C=O) groups is 2. The number of imide groups is 1. The second kappa shape index (κ2) is 3.34. The van der Waals surface area contributed by atoms with E-state index in [0.29, 0.717) is 11.1 Å². The molecule has 1 aliphatic rings. The number of hydrogen-bond donors (Lipinski definition) is 1. The second-order valence-electron chi connectivity index (χ2n) is 2.33. The smallest absolute Gasteiger partial charge is 0.258 e. The van der Waals surface area contributed by atoms with Crippen LogP contribution in [0.25, 0.3) is 0 Å². The van der Waals surface area contributed by atoms with Crippen molar-refractivity contribution in [3.8, 4) is 0 Å². The third kappa shape index (κ3) is 1.28. The summed E-state index contributed by atoms with van der Waals surface area (Å²) < 4.78 is 0. The van der Waals surface area contributed by atoms with Crippen LogP contribution in [-0.4, -0.2) is 11.8 Å². The predicted molar refractivity (Wildman–Crippen MR) is 38.2 cm³/mol. The molecule has 0 aliphatic carbocycles. The molecule has 1 N–H and O–H groups in total. The number of amides is 2. The molecule has 3 nitrogen and oxygen atoms in total. The quantitative estimate of drug-likeness (QED) is 0.547. The summed E-state index contributed by atoms with van der Waals surface area (Å²) in [7, 11) is 0. The molecule has 1 heterocycles. The van der Waals surface area contributed by atoms with Gasteiger partial charge in [0, 0.05) is 27.3 Å². The first-order valence-electron chi connectivity index (χ1n) is 3.24. The van der Waals surface area contributed by atoms with Crippen LogP contribution in [0.2, 0.25) is 0 Å². The molecular formula is C8H5CdNO2. The maximum atomic E-state index is 10.9. The SMILES string of the molecule is O=C1NC(=O)c2ccccc21.[Cd]. The Labute approximate surface area is 89.3 Å². The fraction of sp³-hybridized carbons (Fsp3) is 0. The molecule has 1 aromatic rings. The van der Waals surface area contributed by atoms with Gasteiger partial charge < -0.3 is 0 Å². The fourth-order valence-corrected chi connectivity index (χ4v) is 1.12. The number of hydrogen-bond acceptors (Lipinski definition) is 2. The molecule has 0 saturated carbocycles. The largest absolute Gasteiger partial charge is 0.288 e. The summed E-state index contributed by atoms with van der Waals surface area (Å²) in [4.78, 5) is 21.9. The van der Waals surface area contributed by atoms with E-state index in [1.807, 2.05) is 0 Å². The van der Waals surface area contributed by atoms with Crippen molar-refractivity contribution in [1.82, 2.24) is 5.32 Å². The molecule has 0 aromatic heterocycles. The van der Waals surface area contributed by atoms with Crippen LogP contribution < -0.4 is 5.32 Å². The third-order valence-corrected chi connectivity index (χ3v) is 1.64. The first-order valence-corrected chi connectivity index (χ1v) is 3.24. The van der Waals surface area contributed by atoms with E-state index in [1.165, 1.54) is 0 Å². The third-order valence-electron chi connectivity index (χ3n) is 1.64. The normalized spacial score (nSPS) is 13.3. The van der Waals surface area contributed by atoms with E-state index in [0.717, 1.165) is 0 Å². The van der Waals surface area contributed by atoms with Crippen molar-refractivity contribution >= 4 is 11.8 Å². The summed E-state index contributed by atoms with van der Waals surface area (Å²) >= 11 is 0. The van der Waals surface area contributed by atoms with E-state index in [9.17, 15) is 9.59 Å². The molecule has 12 heavy (non-hydrogen) atoms. The Balaban J connectivity index is 0.000000720. The van der Waals surface area contributed by atoms with Crippen LogP contribution >= 0.6 is 0 Å². The van der Waals surface area contributed by atoms with Crippen LogP contribution in [0.3, 0.4) is 0 Å². The monoisotopic (exact) mass is 261 g/mol. The first-order chi connectivity index (χ1) is 5.29. The Morgan fingerprint density at radius 3 is 1.75 bits per heavy atom. The van der Waals surface area contributed by atoms with Gasteiger partial charge in [-0.25, -0.2) is 0 Å². The van der Waals surface area contributed by atoms with E-state index in [1.54, 1.807) is 24.3 Å². The van der Waals surface area contributed by atoms with Crippen molar-refractivity contribution in [1.29, 1.82) is 0 Å². The van der Waals surface area contributed by atoms with Gasteiger partial charge in [-0.15, -0.1) is 0 Å². The zero-order valence-electron chi connectivity index (χ0n) is 6.33. The fourth-order valence-electron chi connectivity index (χ4n) is 1.12. The van der Waals surface area contributed by atoms with Gasteiger partial charge in [-0.05, 0) is 12.1 Å². The molecule has 1 aliphatic heterocycles. The molecule has 0 fully saturated rings. The molecule has 0 bridgehead atoms. The minimum atomic E-state index is -0.300. The van der Waals surface area contributed by atoms with Crippen LogP contribution in [0.4, 0.5) is 0 Å². The number of nitrogens with one attached hydrogen (secondary N) is 1. The van der Waals surface area contributed by atoms with Gasteiger partial charge in [0.1, 0.15) is 0 Å². The van der Waals surface area contributed by atoms with Gasteiger partial charge in [-0.1, -0.05) is 12.1 Å². The molecule has 0 atom stereocenters. The predicted octanol–water partition coefficient (Wildman–Crippen LogP) is 0.568. The molecule has 0 spiro atoms. The Kier molecular flexibility index (Phi) is 2.61. The summed E-state index contributed by atoms with van der Waals surface area (Å²) in [6, 6.07) is 6.74. The maximum absolute atomic E-state index is 10.9. The Morgan fingerprint density at radius 2 is 1.33 bits per heavy atom. The summed E-state index contributed by atoms with van der Waals surface area (Å²) in [5, 5.41) is 2.20. The van der Waals surface area contributed by atoms with Crippen molar-refractivity contribution in [2.75, 3.05) is 0 Å². The molecule has 4 heteroatoms.